The Balaban J connectivity index is 5.54. The average Bonchev–Trinajstić information content (AvgIpc) is 2.64. The highest BCUT2D eigenvalue weighted by Gasteiger charge is 2.32. The van der Waals surface area contributed by atoms with E-state index in [1.807, 2.05) is 19.2 Å². The van der Waals surface area contributed by atoms with Crippen LogP contribution in [0.5, 0.6) is 0 Å². The lowest BCUT2D eigenvalue weighted by Crippen LogP contribution is -2.58. The number of hydrogen-bond donors (Lipinski definition) is 7. The number of carbonyl (C=O) groups excluding carboxylic acids is 4. The quantitative estimate of drug-likeness (QED) is 0.143. The van der Waals surface area contributed by atoms with Gasteiger partial charge in [0.15, 0.2) is 0 Å². The normalized spacial score (nSPS) is 14.6. The Hall–Kier alpha value is -3.22. The Morgan fingerprint density at radius 2 is 1.15 bits per heavy atom. The fraction of sp³-hybridized carbons (Fsp3) is 0.700. The monoisotopic (exact) mass is 473 g/mol. The SMILES string of the molecule is CC(C)CC(N)C(=O)NC(CC(C)C)C(=O)NC(CC(N)=O)C(=O)NC(CC(=O)O)C(=O)O. The minimum absolute atomic E-state index is 0.0438. The molecule has 13 nitrogen and oxygen atoms in total. The Morgan fingerprint density at radius 1 is 0.697 bits per heavy atom. The third-order valence-corrected chi connectivity index (χ3v) is 4.43. The molecule has 9 N–H and O–H groups in total. The zero-order valence-electron chi connectivity index (χ0n) is 19.3. The standard InChI is InChI=1S/C20H35N5O8/c1-9(2)5-11(21)17(29)23-12(6-10(3)4)18(30)24-13(7-15(22)26)19(31)25-14(20(32)33)8-16(27)28/h9-14H,5-8,21H2,1-4H3,(H2,22,26)(H,23,29)(H,24,30)(H,25,31)(H,27,28)(H,32,33). The lowest BCUT2D eigenvalue weighted by atomic mass is 10.00. The summed E-state index contributed by atoms with van der Waals surface area (Å²) < 4.78 is 0. The summed E-state index contributed by atoms with van der Waals surface area (Å²) in [7, 11) is 0. The van der Waals surface area contributed by atoms with Crippen molar-refractivity contribution in [3.05, 3.63) is 0 Å². The smallest absolute Gasteiger partial charge is 0.326 e. The number of rotatable bonds is 15. The van der Waals surface area contributed by atoms with Crippen molar-refractivity contribution in [2.24, 2.45) is 23.3 Å². The number of hydrogen-bond acceptors (Lipinski definition) is 7. The highest BCUT2D eigenvalue weighted by atomic mass is 16.4. The highest BCUT2D eigenvalue weighted by Crippen LogP contribution is 2.09. The molecule has 188 valence electrons. The molecular formula is C20H35N5O8. The van der Waals surface area contributed by atoms with Gasteiger partial charge in [-0.1, -0.05) is 27.7 Å². The average molecular weight is 474 g/mol. The molecule has 4 amide bonds. The molecule has 0 aromatic heterocycles. The topological polar surface area (TPSA) is 231 Å². The fourth-order valence-corrected chi connectivity index (χ4v) is 2.93. The summed E-state index contributed by atoms with van der Waals surface area (Å²) in [6, 6.07) is -5.32. The molecule has 0 saturated carbocycles. The van der Waals surface area contributed by atoms with Crippen molar-refractivity contribution in [1.82, 2.24) is 16.0 Å². The van der Waals surface area contributed by atoms with Crippen LogP contribution in [-0.4, -0.2) is 69.9 Å². The largest absolute Gasteiger partial charge is 0.481 e. The van der Waals surface area contributed by atoms with Crippen molar-refractivity contribution in [2.75, 3.05) is 0 Å². The number of amides is 4. The van der Waals surface area contributed by atoms with Gasteiger partial charge in [-0.2, -0.15) is 0 Å². The van der Waals surface area contributed by atoms with Gasteiger partial charge in [0.05, 0.1) is 18.9 Å². The zero-order valence-corrected chi connectivity index (χ0v) is 19.3. The van der Waals surface area contributed by atoms with Gasteiger partial charge in [0.2, 0.25) is 23.6 Å². The molecular weight excluding hydrogens is 438 g/mol. The zero-order chi connectivity index (χ0) is 25.9. The predicted octanol–water partition coefficient (Wildman–Crippen LogP) is -1.70. The lowest BCUT2D eigenvalue weighted by Gasteiger charge is -2.25. The lowest BCUT2D eigenvalue weighted by molar-refractivity contribution is -0.147. The summed E-state index contributed by atoms with van der Waals surface area (Å²) in [6.45, 7) is 7.37. The van der Waals surface area contributed by atoms with Crippen LogP contribution < -0.4 is 27.4 Å². The second kappa shape index (κ2) is 14.0. The van der Waals surface area contributed by atoms with E-state index in [1.54, 1.807) is 13.8 Å². The highest BCUT2D eigenvalue weighted by molar-refractivity contribution is 5.96. The molecule has 0 aliphatic carbocycles. The first-order valence-corrected chi connectivity index (χ1v) is 10.5. The molecule has 0 aliphatic rings. The molecule has 0 aliphatic heterocycles. The van der Waals surface area contributed by atoms with Crippen LogP contribution in [-0.2, 0) is 28.8 Å². The van der Waals surface area contributed by atoms with Crippen molar-refractivity contribution in [2.45, 2.75) is 77.5 Å². The van der Waals surface area contributed by atoms with E-state index < -0.39 is 72.6 Å². The Labute approximate surface area is 192 Å². The minimum Gasteiger partial charge on any atom is -0.481 e. The van der Waals surface area contributed by atoms with Crippen LogP contribution in [0.15, 0.2) is 0 Å². The van der Waals surface area contributed by atoms with Crippen LogP contribution in [0.1, 0.15) is 53.4 Å². The maximum absolute atomic E-state index is 12.8. The van der Waals surface area contributed by atoms with E-state index in [-0.39, 0.29) is 18.3 Å². The van der Waals surface area contributed by atoms with Crippen molar-refractivity contribution in [1.29, 1.82) is 0 Å². The molecule has 0 rings (SSSR count). The number of carboxylic acids is 2. The van der Waals surface area contributed by atoms with Crippen LogP contribution in [0.3, 0.4) is 0 Å². The van der Waals surface area contributed by atoms with E-state index in [4.69, 9.17) is 21.7 Å². The van der Waals surface area contributed by atoms with Crippen LogP contribution in [0.2, 0.25) is 0 Å². The molecule has 4 unspecified atom stereocenters. The van der Waals surface area contributed by atoms with Crippen LogP contribution in [0.25, 0.3) is 0 Å². The van der Waals surface area contributed by atoms with Crippen molar-refractivity contribution >= 4 is 35.6 Å². The summed E-state index contributed by atoms with van der Waals surface area (Å²) >= 11 is 0. The van der Waals surface area contributed by atoms with Crippen LogP contribution in [0.4, 0.5) is 0 Å². The third-order valence-electron chi connectivity index (χ3n) is 4.43. The van der Waals surface area contributed by atoms with Crippen molar-refractivity contribution in [3.8, 4) is 0 Å². The van der Waals surface area contributed by atoms with E-state index in [1.165, 1.54) is 0 Å². The molecule has 0 aromatic carbocycles. The number of primary amides is 1. The molecule has 0 saturated heterocycles. The first kappa shape index (κ1) is 29.8. The van der Waals surface area contributed by atoms with E-state index in [9.17, 15) is 28.8 Å². The second-order valence-electron chi connectivity index (χ2n) is 8.66. The van der Waals surface area contributed by atoms with Gasteiger partial charge in [-0.3, -0.25) is 24.0 Å². The predicted molar refractivity (Wildman–Crippen MR) is 116 cm³/mol. The first-order chi connectivity index (χ1) is 15.1. The summed E-state index contributed by atoms with van der Waals surface area (Å²) in [6.07, 6.45) is -1.02. The maximum atomic E-state index is 12.8. The minimum atomic E-state index is -1.79. The molecule has 0 heterocycles. The molecule has 0 aromatic rings. The fourth-order valence-electron chi connectivity index (χ4n) is 2.93. The number of carbonyl (C=O) groups is 6. The van der Waals surface area contributed by atoms with Crippen LogP contribution >= 0.6 is 0 Å². The van der Waals surface area contributed by atoms with E-state index in [0.717, 1.165) is 0 Å². The third kappa shape index (κ3) is 12.4. The van der Waals surface area contributed by atoms with Crippen LogP contribution in [0, 0.1) is 11.8 Å². The van der Waals surface area contributed by atoms with Gasteiger partial charge < -0.3 is 37.6 Å². The maximum Gasteiger partial charge on any atom is 0.326 e. The van der Waals surface area contributed by atoms with Crippen molar-refractivity contribution in [3.63, 3.8) is 0 Å². The molecule has 0 fully saturated rings. The Bertz CT molecular complexity index is 740. The summed E-state index contributed by atoms with van der Waals surface area (Å²) in [5.74, 6) is -6.44. The van der Waals surface area contributed by atoms with E-state index in [0.29, 0.717) is 6.42 Å². The second-order valence-corrected chi connectivity index (χ2v) is 8.66. The number of aliphatic carboxylic acids is 2. The Kier molecular flexibility index (Phi) is 12.7. The molecule has 13 heteroatoms. The number of nitrogens with two attached hydrogens (primary N) is 2. The van der Waals surface area contributed by atoms with Crippen molar-refractivity contribution < 1.29 is 39.0 Å². The molecule has 0 bridgehead atoms. The van der Waals surface area contributed by atoms with Gasteiger partial charge in [0.1, 0.15) is 18.1 Å². The summed E-state index contributed by atoms with van der Waals surface area (Å²) in [5.41, 5.74) is 11.0. The summed E-state index contributed by atoms with van der Waals surface area (Å²) in [5, 5.41) is 24.7. The molecule has 0 radical (unpaired) electrons. The van der Waals surface area contributed by atoms with Gasteiger partial charge in [0.25, 0.3) is 0 Å². The molecule has 33 heavy (non-hydrogen) atoms. The first-order valence-electron chi connectivity index (χ1n) is 10.5. The summed E-state index contributed by atoms with van der Waals surface area (Å²) in [4.78, 5) is 71.2. The van der Waals surface area contributed by atoms with E-state index >= 15 is 0 Å². The number of nitrogens with one attached hydrogen (secondary N) is 3. The van der Waals surface area contributed by atoms with Gasteiger partial charge >= 0.3 is 11.9 Å². The number of carboxylic acid groups (broad SMARTS) is 2. The van der Waals surface area contributed by atoms with E-state index in [2.05, 4.69) is 10.6 Å². The van der Waals surface area contributed by atoms with Gasteiger partial charge in [-0.05, 0) is 24.7 Å². The molecule has 4 atom stereocenters. The van der Waals surface area contributed by atoms with Gasteiger partial charge in [-0.15, -0.1) is 0 Å². The Morgan fingerprint density at radius 3 is 1.58 bits per heavy atom. The van der Waals surface area contributed by atoms with Gasteiger partial charge in [0, 0.05) is 0 Å². The molecule has 0 spiro atoms. The van der Waals surface area contributed by atoms with Gasteiger partial charge in [-0.25, -0.2) is 4.79 Å².